The Bertz CT molecular complexity index is 344. The van der Waals surface area contributed by atoms with Gasteiger partial charge in [-0.25, -0.2) is 0 Å². The van der Waals surface area contributed by atoms with Crippen molar-refractivity contribution in [1.82, 2.24) is 4.37 Å². The molecular weight excluding hydrogens is 206 g/mol. The lowest BCUT2D eigenvalue weighted by molar-refractivity contribution is 0.666. The number of rotatable bonds is 4. The lowest BCUT2D eigenvalue weighted by Crippen LogP contribution is -2.27. The van der Waals surface area contributed by atoms with Crippen molar-refractivity contribution in [2.45, 2.75) is 45.1 Å². The van der Waals surface area contributed by atoms with Crippen LogP contribution in [0.3, 0.4) is 0 Å². The van der Waals surface area contributed by atoms with E-state index in [1.165, 1.54) is 23.4 Å². The molecule has 0 spiro atoms. The van der Waals surface area contributed by atoms with Crippen molar-refractivity contribution in [2.75, 3.05) is 17.7 Å². The zero-order chi connectivity index (χ0) is 11.0. The number of aromatic nitrogens is 1. The van der Waals surface area contributed by atoms with Gasteiger partial charge in [-0.1, -0.05) is 6.92 Å². The van der Waals surface area contributed by atoms with Crippen LogP contribution in [0, 0.1) is 0 Å². The van der Waals surface area contributed by atoms with Gasteiger partial charge in [0.05, 0.1) is 0 Å². The second-order valence-electron chi connectivity index (χ2n) is 4.43. The van der Waals surface area contributed by atoms with Crippen LogP contribution in [0.1, 0.15) is 44.6 Å². The lowest BCUT2D eigenvalue weighted by Gasteiger charge is -2.25. The zero-order valence-electron chi connectivity index (χ0n) is 9.66. The van der Waals surface area contributed by atoms with E-state index in [1.807, 2.05) is 0 Å². The Balaban J connectivity index is 2.26. The maximum absolute atomic E-state index is 5.93. The second kappa shape index (κ2) is 4.00. The van der Waals surface area contributed by atoms with E-state index in [9.17, 15) is 0 Å². The molecule has 1 aliphatic carbocycles. The summed E-state index contributed by atoms with van der Waals surface area (Å²) in [5.74, 6) is 1.44. The highest BCUT2D eigenvalue weighted by molar-refractivity contribution is 7.10. The van der Waals surface area contributed by atoms with Crippen LogP contribution in [0.15, 0.2) is 0 Å². The summed E-state index contributed by atoms with van der Waals surface area (Å²) >= 11 is 1.55. The van der Waals surface area contributed by atoms with Gasteiger partial charge in [0.25, 0.3) is 0 Å². The molecule has 0 amide bonds. The Morgan fingerprint density at radius 3 is 2.80 bits per heavy atom. The fourth-order valence-electron chi connectivity index (χ4n) is 1.78. The third-order valence-electron chi connectivity index (χ3n) is 3.29. The zero-order valence-corrected chi connectivity index (χ0v) is 10.5. The van der Waals surface area contributed by atoms with Crippen LogP contribution >= 0.6 is 11.5 Å². The quantitative estimate of drug-likeness (QED) is 0.856. The second-order valence-corrected chi connectivity index (χ2v) is 5.18. The smallest absolute Gasteiger partial charge is 0.142 e. The molecule has 15 heavy (non-hydrogen) atoms. The van der Waals surface area contributed by atoms with Gasteiger partial charge in [-0.3, -0.25) is 0 Å². The van der Waals surface area contributed by atoms with Gasteiger partial charge < -0.3 is 10.6 Å². The molecule has 1 atom stereocenters. The lowest BCUT2D eigenvalue weighted by atomic mass is 10.1. The van der Waals surface area contributed by atoms with E-state index >= 15 is 0 Å². The molecule has 1 saturated carbocycles. The van der Waals surface area contributed by atoms with Crippen LogP contribution in [-0.2, 0) is 0 Å². The molecular formula is C11H19N3S. The van der Waals surface area contributed by atoms with Gasteiger partial charge in [0.2, 0.25) is 0 Å². The molecule has 2 rings (SSSR count). The molecule has 1 aliphatic rings. The van der Waals surface area contributed by atoms with Crippen molar-refractivity contribution < 1.29 is 0 Å². The van der Waals surface area contributed by atoms with Gasteiger partial charge in [0.15, 0.2) is 0 Å². The van der Waals surface area contributed by atoms with Gasteiger partial charge in [0.1, 0.15) is 10.8 Å². The molecule has 4 heteroatoms. The molecule has 1 heterocycles. The highest BCUT2D eigenvalue weighted by Crippen LogP contribution is 2.48. The van der Waals surface area contributed by atoms with Crippen molar-refractivity contribution in [2.24, 2.45) is 0 Å². The van der Waals surface area contributed by atoms with Crippen molar-refractivity contribution >= 4 is 22.4 Å². The highest BCUT2D eigenvalue weighted by Gasteiger charge is 2.32. The fraction of sp³-hybridized carbons (Fsp3) is 0.727. The van der Waals surface area contributed by atoms with Gasteiger partial charge in [-0.05, 0) is 43.6 Å². The van der Waals surface area contributed by atoms with Crippen molar-refractivity contribution in [3.63, 3.8) is 0 Å². The third kappa shape index (κ3) is 1.95. The molecule has 2 N–H and O–H groups in total. The van der Waals surface area contributed by atoms with Gasteiger partial charge in [-0.15, -0.1) is 0 Å². The SMILES string of the molecule is CCC(C)N(C)c1snc(N)c1C1CC1. The average molecular weight is 225 g/mol. The third-order valence-corrected chi connectivity index (χ3v) is 4.26. The number of nitrogens with zero attached hydrogens (tertiary/aromatic N) is 2. The molecule has 0 radical (unpaired) electrons. The summed E-state index contributed by atoms with van der Waals surface area (Å²) in [6, 6.07) is 0.558. The first-order chi connectivity index (χ1) is 7.15. The summed E-state index contributed by atoms with van der Waals surface area (Å²) in [5, 5.41) is 1.28. The summed E-state index contributed by atoms with van der Waals surface area (Å²) < 4.78 is 4.29. The monoisotopic (exact) mass is 225 g/mol. The maximum atomic E-state index is 5.93. The first-order valence-electron chi connectivity index (χ1n) is 5.63. The molecule has 1 aromatic rings. The Kier molecular flexibility index (Phi) is 2.87. The van der Waals surface area contributed by atoms with E-state index in [-0.39, 0.29) is 0 Å². The van der Waals surface area contributed by atoms with Crippen molar-refractivity contribution in [3.8, 4) is 0 Å². The first kappa shape index (κ1) is 10.7. The van der Waals surface area contributed by atoms with Crippen LogP contribution < -0.4 is 10.6 Å². The molecule has 0 aliphatic heterocycles. The van der Waals surface area contributed by atoms with Crippen LogP contribution in [-0.4, -0.2) is 17.5 Å². The van der Waals surface area contributed by atoms with Crippen LogP contribution in [0.2, 0.25) is 0 Å². The standard InChI is InChI=1S/C11H19N3S/c1-4-7(2)14(3)11-9(8-5-6-8)10(12)13-15-11/h7-8H,4-6H2,1-3H3,(H2,12,13). The van der Waals surface area contributed by atoms with Gasteiger partial charge in [-0.2, -0.15) is 4.37 Å². The summed E-state index contributed by atoms with van der Waals surface area (Å²) in [7, 11) is 2.15. The largest absolute Gasteiger partial charge is 0.383 e. The highest BCUT2D eigenvalue weighted by atomic mass is 32.1. The number of anilines is 2. The molecule has 84 valence electrons. The van der Waals surface area contributed by atoms with E-state index in [4.69, 9.17) is 5.73 Å². The van der Waals surface area contributed by atoms with E-state index < -0.39 is 0 Å². The first-order valence-corrected chi connectivity index (χ1v) is 6.40. The molecule has 1 unspecified atom stereocenters. The van der Waals surface area contributed by atoms with Crippen LogP contribution in [0.25, 0.3) is 0 Å². The number of hydrogen-bond donors (Lipinski definition) is 1. The normalized spacial score (nSPS) is 17.8. The maximum Gasteiger partial charge on any atom is 0.142 e. The van der Waals surface area contributed by atoms with E-state index in [0.29, 0.717) is 12.0 Å². The van der Waals surface area contributed by atoms with Gasteiger partial charge >= 0.3 is 0 Å². The van der Waals surface area contributed by atoms with Crippen LogP contribution in [0.4, 0.5) is 10.8 Å². The predicted molar refractivity (Wildman–Crippen MR) is 66.7 cm³/mol. The van der Waals surface area contributed by atoms with E-state index in [0.717, 1.165) is 12.2 Å². The Labute approximate surface area is 95.4 Å². The van der Waals surface area contributed by atoms with Crippen molar-refractivity contribution in [1.29, 1.82) is 0 Å². The topological polar surface area (TPSA) is 42.2 Å². The minimum absolute atomic E-state index is 0.558. The number of hydrogen-bond acceptors (Lipinski definition) is 4. The summed E-state index contributed by atoms with van der Waals surface area (Å²) in [4.78, 5) is 2.32. The van der Waals surface area contributed by atoms with Gasteiger partial charge in [0, 0.05) is 18.7 Å². The van der Waals surface area contributed by atoms with Crippen LogP contribution in [0.5, 0.6) is 0 Å². The van der Waals surface area contributed by atoms with E-state index in [2.05, 4.69) is 30.2 Å². The minimum Gasteiger partial charge on any atom is -0.383 e. The number of nitrogen functional groups attached to an aromatic ring is 1. The Morgan fingerprint density at radius 1 is 1.60 bits per heavy atom. The molecule has 1 aromatic heterocycles. The fourth-order valence-corrected chi connectivity index (χ4v) is 2.75. The summed E-state index contributed by atoms with van der Waals surface area (Å²) in [5.41, 5.74) is 7.24. The average Bonchev–Trinajstić information content (AvgIpc) is 3.00. The molecule has 0 saturated heterocycles. The Hall–Kier alpha value is -0.770. The molecule has 1 fully saturated rings. The molecule has 0 aromatic carbocycles. The molecule has 0 bridgehead atoms. The predicted octanol–water partition coefficient (Wildman–Crippen LogP) is 2.84. The number of nitrogens with two attached hydrogens (primary N) is 1. The minimum atomic E-state index is 0.558. The van der Waals surface area contributed by atoms with E-state index in [1.54, 1.807) is 11.5 Å². The summed E-state index contributed by atoms with van der Waals surface area (Å²) in [6.07, 6.45) is 3.71. The molecule has 3 nitrogen and oxygen atoms in total. The summed E-state index contributed by atoms with van der Waals surface area (Å²) in [6.45, 7) is 4.45. The van der Waals surface area contributed by atoms with Crippen molar-refractivity contribution in [3.05, 3.63) is 5.56 Å². The Morgan fingerprint density at radius 2 is 2.27 bits per heavy atom.